The highest BCUT2D eigenvalue weighted by Gasteiger charge is 2.16. The Morgan fingerprint density at radius 3 is 2.45 bits per heavy atom. The van der Waals surface area contributed by atoms with Crippen molar-refractivity contribution in [2.75, 3.05) is 5.32 Å². The first-order valence-corrected chi connectivity index (χ1v) is 12.3. The van der Waals surface area contributed by atoms with Crippen LogP contribution in [0.3, 0.4) is 0 Å². The first kappa shape index (κ1) is 20.1. The van der Waals surface area contributed by atoms with E-state index in [1.165, 1.54) is 59.1 Å². The first-order valence-electron chi connectivity index (χ1n) is 11.4. The third kappa shape index (κ3) is 4.12. The molecule has 3 aromatic heterocycles. The summed E-state index contributed by atoms with van der Waals surface area (Å²) in [5.41, 5.74) is 9.02. The minimum absolute atomic E-state index is 0.857. The monoisotopic (exact) mass is 448 g/mol. The number of aryl methyl sites for hydroxylation is 2. The number of fused-ring (bicyclic) bond motifs is 2. The molecule has 0 saturated heterocycles. The molecule has 5 heteroatoms. The number of benzene rings is 2. The van der Waals surface area contributed by atoms with Crippen molar-refractivity contribution in [1.29, 1.82) is 0 Å². The van der Waals surface area contributed by atoms with E-state index < -0.39 is 0 Å². The molecule has 6 rings (SSSR count). The Morgan fingerprint density at radius 1 is 0.818 bits per heavy atom. The van der Waals surface area contributed by atoms with Crippen molar-refractivity contribution in [3.8, 4) is 11.1 Å². The fraction of sp³-hybridized carbons (Fsp3) is 0.179. The summed E-state index contributed by atoms with van der Waals surface area (Å²) in [6.45, 7) is 0. The van der Waals surface area contributed by atoms with E-state index in [9.17, 15) is 0 Å². The third-order valence-corrected chi connectivity index (χ3v) is 7.29. The standard InChI is InChI=1S/C28H24N4S/c1-2-4-22-16-23(8-7-21(22)3-1)25-17-33-28-26(25)27(30-18-31-28)32-24-9-5-19(6-10-24)15-20-11-13-29-14-12-20/h5-14,16-18H,1-4,15H2,(H,30,31,32). The van der Waals surface area contributed by atoms with Crippen LogP contribution in [0.2, 0.25) is 0 Å². The topological polar surface area (TPSA) is 50.7 Å². The van der Waals surface area contributed by atoms with Gasteiger partial charge in [0.05, 0.1) is 5.39 Å². The minimum Gasteiger partial charge on any atom is -0.340 e. The number of pyridine rings is 1. The molecular formula is C28H24N4S. The van der Waals surface area contributed by atoms with Crippen molar-refractivity contribution in [1.82, 2.24) is 15.0 Å². The lowest BCUT2D eigenvalue weighted by molar-refractivity contribution is 0.686. The van der Waals surface area contributed by atoms with Crippen LogP contribution in [0.4, 0.5) is 11.5 Å². The molecule has 0 radical (unpaired) electrons. The predicted octanol–water partition coefficient (Wildman–Crippen LogP) is 6.97. The van der Waals surface area contributed by atoms with Crippen molar-refractivity contribution in [3.05, 3.63) is 101 Å². The molecule has 4 nitrogen and oxygen atoms in total. The molecule has 0 atom stereocenters. The molecule has 1 aliphatic rings. The Balaban J connectivity index is 1.30. The van der Waals surface area contributed by atoms with Gasteiger partial charge in [-0.2, -0.15) is 0 Å². The van der Waals surface area contributed by atoms with Crippen LogP contribution in [0.1, 0.15) is 35.1 Å². The van der Waals surface area contributed by atoms with Crippen molar-refractivity contribution in [2.45, 2.75) is 32.1 Å². The molecule has 0 amide bonds. The fourth-order valence-electron chi connectivity index (χ4n) is 4.66. The van der Waals surface area contributed by atoms with Gasteiger partial charge in [-0.25, -0.2) is 9.97 Å². The molecule has 0 saturated carbocycles. The predicted molar refractivity (Wildman–Crippen MR) is 136 cm³/mol. The Labute approximate surface area is 197 Å². The summed E-state index contributed by atoms with van der Waals surface area (Å²) in [7, 11) is 0. The summed E-state index contributed by atoms with van der Waals surface area (Å²) in [5.74, 6) is 0.857. The van der Waals surface area contributed by atoms with Crippen LogP contribution in [0, 0.1) is 0 Å². The van der Waals surface area contributed by atoms with Gasteiger partial charge < -0.3 is 5.32 Å². The zero-order chi connectivity index (χ0) is 22.0. The molecule has 33 heavy (non-hydrogen) atoms. The highest BCUT2D eigenvalue weighted by atomic mass is 32.1. The van der Waals surface area contributed by atoms with E-state index in [0.29, 0.717) is 0 Å². The number of anilines is 2. The molecule has 162 valence electrons. The van der Waals surface area contributed by atoms with Gasteiger partial charge in [0.2, 0.25) is 0 Å². The fourth-order valence-corrected chi connectivity index (χ4v) is 5.58. The van der Waals surface area contributed by atoms with Crippen LogP contribution in [-0.4, -0.2) is 15.0 Å². The highest BCUT2D eigenvalue weighted by Crippen LogP contribution is 2.38. The summed E-state index contributed by atoms with van der Waals surface area (Å²) >= 11 is 1.68. The summed E-state index contributed by atoms with van der Waals surface area (Å²) in [6, 6.07) is 19.6. The maximum atomic E-state index is 4.62. The second kappa shape index (κ2) is 8.75. The van der Waals surface area contributed by atoms with Crippen molar-refractivity contribution in [2.24, 2.45) is 0 Å². The van der Waals surface area contributed by atoms with Gasteiger partial charge in [-0.3, -0.25) is 4.98 Å². The van der Waals surface area contributed by atoms with E-state index in [4.69, 9.17) is 0 Å². The van der Waals surface area contributed by atoms with Gasteiger partial charge >= 0.3 is 0 Å². The number of rotatable bonds is 5. The lowest BCUT2D eigenvalue weighted by Crippen LogP contribution is -2.02. The van der Waals surface area contributed by atoms with Gasteiger partial charge in [-0.05, 0) is 84.2 Å². The summed E-state index contributed by atoms with van der Waals surface area (Å²) in [4.78, 5) is 14.3. The van der Waals surface area contributed by atoms with Gasteiger partial charge in [-0.15, -0.1) is 11.3 Å². The number of hydrogen-bond acceptors (Lipinski definition) is 5. The van der Waals surface area contributed by atoms with E-state index in [1.807, 2.05) is 12.4 Å². The number of aromatic nitrogens is 3. The normalized spacial score (nSPS) is 13.1. The molecular weight excluding hydrogens is 424 g/mol. The van der Waals surface area contributed by atoms with Crippen LogP contribution in [0.5, 0.6) is 0 Å². The summed E-state index contributed by atoms with van der Waals surface area (Å²) in [6.07, 6.45) is 11.2. The molecule has 3 heterocycles. The lowest BCUT2D eigenvalue weighted by Gasteiger charge is -2.16. The third-order valence-electron chi connectivity index (χ3n) is 6.40. The first-order chi connectivity index (χ1) is 16.3. The molecule has 0 fully saturated rings. The maximum Gasteiger partial charge on any atom is 0.143 e. The quantitative estimate of drug-likeness (QED) is 0.315. The zero-order valence-corrected chi connectivity index (χ0v) is 19.1. The average molecular weight is 449 g/mol. The van der Waals surface area contributed by atoms with Crippen LogP contribution in [0.15, 0.2) is 78.7 Å². The smallest absolute Gasteiger partial charge is 0.143 e. The van der Waals surface area contributed by atoms with Crippen molar-refractivity contribution in [3.63, 3.8) is 0 Å². The van der Waals surface area contributed by atoms with E-state index in [-0.39, 0.29) is 0 Å². The Morgan fingerprint density at radius 2 is 1.61 bits per heavy atom. The van der Waals surface area contributed by atoms with Crippen LogP contribution < -0.4 is 5.32 Å². The number of nitrogens with one attached hydrogen (secondary N) is 1. The molecule has 1 aliphatic carbocycles. The second-order valence-corrected chi connectivity index (χ2v) is 9.45. The zero-order valence-electron chi connectivity index (χ0n) is 18.3. The average Bonchev–Trinajstić information content (AvgIpc) is 3.31. The number of thiophene rings is 1. The Hall–Kier alpha value is -3.57. The Kier molecular flexibility index (Phi) is 5.32. The molecule has 1 N–H and O–H groups in total. The van der Waals surface area contributed by atoms with Crippen molar-refractivity contribution < 1.29 is 0 Å². The molecule has 0 aliphatic heterocycles. The Bertz CT molecular complexity index is 1410. The number of hydrogen-bond donors (Lipinski definition) is 1. The van der Waals surface area contributed by atoms with Gasteiger partial charge in [0, 0.05) is 29.0 Å². The molecule has 0 bridgehead atoms. The summed E-state index contributed by atoms with van der Waals surface area (Å²) < 4.78 is 0. The van der Waals surface area contributed by atoms with Gasteiger partial charge in [-0.1, -0.05) is 30.3 Å². The lowest BCUT2D eigenvalue weighted by atomic mass is 9.89. The van der Waals surface area contributed by atoms with Crippen LogP contribution in [0.25, 0.3) is 21.3 Å². The van der Waals surface area contributed by atoms with Gasteiger partial charge in [0.15, 0.2) is 0 Å². The SMILES string of the molecule is c1cc(Cc2ccc(Nc3ncnc4scc(-c5ccc6c(c5)CCCC6)c34)cc2)ccn1. The molecule has 5 aromatic rings. The summed E-state index contributed by atoms with van der Waals surface area (Å²) in [5, 5.41) is 6.85. The van der Waals surface area contributed by atoms with Crippen LogP contribution in [-0.2, 0) is 19.3 Å². The largest absolute Gasteiger partial charge is 0.340 e. The van der Waals surface area contributed by atoms with Gasteiger partial charge in [0.1, 0.15) is 17.0 Å². The highest BCUT2D eigenvalue weighted by molar-refractivity contribution is 7.17. The van der Waals surface area contributed by atoms with Gasteiger partial charge in [0.25, 0.3) is 0 Å². The second-order valence-electron chi connectivity index (χ2n) is 8.60. The molecule has 0 unspecified atom stereocenters. The molecule has 2 aromatic carbocycles. The van der Waals surface area contributed by atoms with E-state index >= 15 is 0 Å². The molecule has 0 spiro atoms. The minimum atomic E-state index is 0.857. The van der Waals surface area contributed by atoms with Crippen LogP contribution >= 0.6 is 11.3 Å². The van der Waals surface area contributed by atoms with E-state index in [1.54, 1.807) is 17.7 Å². The van der Waals surface area contributed by atoms with E-state index in [0.717, 1.165) is 28.1 Å². The van der Waals surface area contributed by atoms with Crippen molar-refractivity contribution >= 4 is 33.1 Å². The number of nitrogens with zero attached hydrogens (tertiary/aromatic N) is 3. The maximum absolute atomic E-state index is 4.62. The van der Waals surface area contributed by atoms with E-state index in [2.05, 4.69) is 80.2 Å².